The third-order valence-electron chi connectivity index (χ3n) is 3.18. The number of aliphatic carboxylic acids is 1. The van der Waals surface area contributed by atoms with Crippen LogP contribution in [0.5, 0.6) is 0 Å². The molecular weight excluding hydrogens is 228 g/mol. The Balaban J connectivity index is 3.40. The highest BCUT2D eigenvalue weighted by Gasteiger charge is 2.14. The van der Waals surface area contributed by atoms with E-state index in [0.717, 1.165) is 12.8 Å². The van der Waals surface area contributed by atoms with Gasteiger partial charge in [0.2, 0.25) is 0 Å². The van der Waals surface area contributed by atoms with Crippen LogP contribution in [0.4, 0.5) is 0 Å². The van der Waals surface area contributed by atoms with Crippen LogP contribution in [0.15, 0.2) is 0 Å². The molecule has 0 aliphatic rings. The van der Waals surface area contributed by atoms with Crippen LogP contribution in [0.2, 0.25) is 0 Å². The minimum atomic E-state index is -0.758. The molecule has 0 aromatic rings. The summed E-state index contributed by atoms with van der Waals surface area (Å²) in [6, 6.07) is -0.423. The number of carbonyl (C=O) groups is 1. The number of rotatable bonds is 13. The van der Waals surface area contributed by atoms with Gasteiger partial charge in [0.1, 0.15) is 6.04 Å². The van der Waals surface area contributed by atoms with Gasteiger partial charge in [-0.05, 0) is 6.42 Å². The number of nitrogens with one attached hydrogen (secondary N) is 1. The Morgan fingerprint density at radius 1 is 1.11 bits per heavy atom. The average Bonchev–Trinajstić information content (AvgIpc) is 2.35. The van der Waals surface area contributed by atoms with E-state index in [1.165, 1.54) is 38.5 Å². The van der Waals surface area contributed by atoms with E-state index < -0.39 is 12.0 Å². The molecule has 0 aliphatic heterocycles. The monoisotopic (exact) mass is 258 g/mol. The molecule has 0 amide bonds. The maximum Gasteiger partial charge on any atom is 0.320 e. The van der Waals surface area contributed by atoms with Gasteiger partial charge in [-0.2, -0.15) is 0 Å². The van der Waals surface area contributed by atoms with Gasteiger partial charge in [0, 0.05) is 13.1 Å². The van der Waals surface area contributed by atoms with Gasteiger partial charge < -0.3 is 16.2 Å². The number of carboxylic acid groups (broad SMARTS) is 1. The molecule has 0 spiro atoms. The number of hydrogen-bond donors (Lipinski definition) is 3. The van der Waals surface area contributed by atoms with Gasteiger partial charge in [0.25, 0.3) is 0 Å². The van der Waals surface area contributed by atoms with E-state index in [1.807, 2.05) is 0 Å². The van der Waals surface area contributed by atoms with Crippen molar-refractivity contribution in [3.05, 3.63) is 0 Å². The molecule has 1 atom stereocenters. The fourth-order valence-electron chi connectivity index (χ4n) is 2.05. The molecule has 0 bridgehead atoms. The fourth-order valence-corrected chi connectivity index (χ4v) is 2.05. The van der Waals surface area contributed by atoms with Crippen LogP contribution in [0.1, 0.15) is 64.7 Å². The Bertz CT molecular complexity index is 198. The maximum atomic E-state index is 10.9. The van der Waals surface area contributed by atoms with Gasteiger partial charge in [0.05, 0.1) is 0 Å². The number of nitrogens with two attached hydrogens (primary N) is 1. The van der Waals surface area contributed by atoms with Crippen LogP contribution in [-0.2, 0) is 4.79 Å². The van der Waals surface area contributed by atoms with Gasteiger partial charge in [-0.25, -0.2) is 0 Å². The molecule has 0 aromatic heterocycles. The van der Waals surface area contributed by atoms with Gasteiger partial charge >= 0.3 is 5.97 Å². The highest BCUT2D eigenvalue weighted by molar-refractivity contribution is 5.73. The van der Waals surface area contributed by atoms with Crippen molar-refractivity contribution in [1.29, 1.82) is 0 Å². The number of unbranched alkanes of at least 4 members (excludes halogenated alkanes) is 7. The van der Waals surface area contributed by atoms with Crippen LogP contribution >= 0.6 is 0 Å². The first-order valence-electron chi connectivity index (χ1n) is 7.38. The zero-order valence-electron chi connectivity index (χ0n) is 11.8. The van der Waals surface area contributed by atoms with Crippen molar-refractivity contribution in [3.63, 3.8) is 0 Å². The molecule has 0 fully saturated rings. The first-order valence-corrected chi connectivity index (χ1v) is 7.38. The fraction of sp³-hybridized carbons (Fsp3) is 0.929. The highest BCUT2D eigenvalue weighted by Crippen LogP contribution is 2.10. The molecule has 18 heavy (non-hydrogen) atoms. The summed E-state index contributed by atoms with van der Waals surface area (Å²) in [6.07, 6.45) is 10.6. The van der Waals surface area contributed by atoms with Gasteiger partial charge in [-0.3, -0.25) is 4.79 Å². The lowest BCUT2D eigenvalue weighted by atomic mass is 10.0. The van der Waals surface area contributed by atoms with E-state index in [4.69, 9.17) is 10.8 Å². The second kappa shape index (κ2) is 12.8. The topological polar surface area (TPSA) is 75.3 Å². The predicted molar refractivity (Wildman–Crippen MR) is 75.7 cm³/mol. The van der Waals surface area contributed by atoms with E-state index in [1.54, 1.807) is 0 Å². The number of hydrogen-bond acceptors (Lipinski definition) is 3. The molecule has 0 rings (SSSR count). The lowest BCUT2D eigenvalue weighted by Gasteiger charge is -2.13. The largest absolute Gasteiger partial charge is 0.480 e. The standard InChI is InChI=1S/C14H30N2O2/c1-2-3-4-5-6-7-8-9-10-13(14(17)18)16-12-11-15/h13,16H,2-12,15H2,1H3,(H,17,18). The molecule has 0 saturated carbocycles. The van der Waals surface area contributed by atoms with Crippen molar-refractivity contribution in [2.75, 3.05) is 13.1 Å². The summed E-state index contributed by atoms with van der Waals surface area (Å²) >= 11 is 0. The minimum absolute atomic E-state index is 0.423. The van der Waals surface area contributed by atoms with Crippen LogP contribution < -0.4 is 11.1 Å². The van der Waals surface area contributed by atoms with Crippen LogP contribution in [0, 0.1) is 0 Å². The first kappa shape index (κ1) is 17.4. The van der Waals surface area contributed by atoms with Crippen molar-refractivity contribution in [3.8, 4) is 0 Å². The lowest BCUT2D eigenvalue weighted by Crippen LogP contribution is -2.39. The van der Waals surface area contributed by atoms with E-state index >= 15 is 0 Å². The third-order valence-corrected chi connectivity index (χ3v) is 3.18. The Morgan fingerprint density at radius 2 is 1.67 bits per heavy atom. The highest BCUT2D eigenvalue weighted by atomic mass is 16.4. The number of carboxylic acids is 1. The molecule has 1 unspecified atom stereocenters. The van der Waals surface area contributed by atoms with Gasteiger partial charge in [0.15, 0.2) is 0 Å². The lowest BCUT2D eigenvalue weighted by molar-refractivity contribution is -0.139. The van der Waals surface area contributed by atoms with Crippen LogP contribution in [-0.4, -0.2) is 30.2 Å². The minimum Gasteiger partial charge on any atom is -0.480 e. The van der Waals surface area contributed by atoms with Gasteiger partial charge in [-0.1, -0.05) is 58.3 Å². The molecule has 0 radical (unpaired) electrons. The van der Waals surface area contributed by atoms with Crippen LogP contribution in [0.3, 0.4) is 0 Å². The molecule has 4 heteroatoms. The van der Waals surface area contributed by atoms with E-state index in [-0.39, 0.29) is 0 Å². The summed E-state index contributed by atoms with van der Waals surface area (Å²) in [5.74, 6) is -0.758. The SMILES string of the molecule is CCCCCCCCCCC(NCCN)C(=O)O. The smallest absolute Gasteiger partial charge is 0.320 e. The zero-order chi connectivity index (χ0) is 13.6. The van der Waals surface area contributed by atoms with E-state index in [2.05, 4.69) is 12.2 Å². The molecule has 0 saturated heterocycles. The Hall–Kier alpha value is -0.610. The normalized spacial score (nSPS) is 12.6. The average molecular weight is 258 g/mol. The van der Waals surface area contributed by atoms with Crippen molar-refractivity contribution >= 4 is 5.97 Å². The summed E-state index contributed by atoms with van der Waals surface area (Å²) in [5.41, 5.74) is 5.36. The molecular formula is C14H30N2O2. The quantitative estimate of drug-likeness (QED) is 0.444. The molecule has 0 heterocycles. The van der Waals surface area contributed by atoms with Crippen molar-refractivity contribution in [1.82, 2.24) is 5.32 Å². The molecule has 4 nitrogen and oxygen atoms in total. The van der Waals surface area contributed by atoms with Gasteiger partial charge in [-0.15, -0.1) is 0 Å². The molecule has 4 N–H and O–H groups in total. The predicted octanol–water partition coefficient (Wildman–Crippen LogP) is 2.52. The Kier molecular flexibility index (Phi) is 12.4. The maximum absolute atomic E-state index is 10.9. The molecule has 0 aromatic carbocycles. The van der Waals surface area contributed by atoms with E-state index in [0.29, 0.717) is 19.5 Å². The second-order valence-corrected chi connectivity index (χ2v) is 4.90. The molecule has 0 aliphatic carbocycles. The second-order valence-electron chi connectivity index (χ2n) is 4.90. The van der Waals surface area contributed by atoms with Crippen molar-refractivity contribution < 1.29 is 9.90 Å². The molecule has 108 valence electrons. The zero-order valence-corrected chi connectivity index (χ0v) is 11.8. The Labute approximate surface area is 111 Å². The van der Waals surface area contributed by atoms with Crippen molar-refractivity contribution in [2.24, 2.45) is 5.73 Å². The first-order chi connectivity index (χ1) is 8.72. The van der Waals surface area contributed by atoms with Crippen molar-refractivity contribution in [2.45, 2.75) is 70.8 Å². The third kappa shape index (κ3) is 10.5. The van der Waals surface area contributed by atoms with Crippen LogP contribution in [0.25, 0.3) is 0 Å². The summed E-state index contributed by atoms with van der Waals surface area (Å²) in [7, 11) is 0. The summed E-state index contributed by atoms with van der Waals surface area (Å²) < 4.78 is 0. The van der Waals surface area contributed by atoms with E-state index in [9.17, 15) is 4.79 Å². The Morgan fingerprint density at radius 3 is 2.17 bits per heavy atom. The summed E-state index contributed by atoms with van der Waals surface area (Å²) in [4.78, 5) is 10.9. The summed E-state index contributed by atoms with van der Waals surface area (Å²) in [6.45, 7) is 3.29. The summed E-state index contributed by atoms with van der Waals surface area (Å²) in [5, 5.41) is 12.0.